The number of anilines is 1. The third-order valence-corrected chi connectivity index (χ3v) is 2.99. The van der Waals surface area contributed by atoms with Crippen LogP contribution >= 0.6 is 22.6 Å². The van der Waals surface area contributed by atoms with E-state index < -0.39 is 0 Å². The highest BCUT2D eigenvalue weighted by Gasteiger charge is 2.29. The van der Waals surface area contributed by atoms with Gasteiger partial charge in [0.1, 0.15) is 5.82 Å². The molecule has 1 aromatic rings. The minimum absolute atomic E-state index is 0.0265. The molecular weight excluding hydrogens is 303 g/mol. The van der Waals surface area contributed by atoms with E-state index in [4.69, 9.17) is 6.42 Å². The molecule has 2 heterocycles. The third-order valence-electron chi connectivity index (χ3n) is 2.35. The number of amides is 1. The van der Waals surface area contributed by atoms with E-state index in [0.29, 0.717) is 18.8 Å². The summed E-state index contributed by atoms with van der Waals surface area (Å²) in [6, 6.07) is 3.78. The molecule has 0 bridgehead atoms. The van der Waals surface area contributed by atoms with E-state index in [1.807, 2.05) is 12.1 Å². The second kappa shape index (κ2) is 4.19. The number of aromatic nitrogens is 1. The molecule has 0 aromatic carbocycles. The van der Waals surface area contributed by atoms with E-state index in [-0.39, 0.29) is 11.8 Å². The van der Waals surface area contributed by atoms with Gasteiger partial charge in [0.25, 0.3) is 0 Å². The van der Waals surface area contributed by atoms with Crippen LogP contribution < -0.4 is 4.90 Å². The molecule has 15 heavy (non-hydrogen) atoms. The zero-order valence-corrected chi connectivity index (χ0v) is 10.1. The highest BCUT2D eigenvalue weighted by molar-refractivity contribution is 14.1. The molecule has 1 aliphatic heterocycles. The van der Waals surface area contributed by atoms with Crippen LogP contribution in [0.5, 0.6) is 0 Å². The first-order valence-corrected chi connectivity index (χ1v) is 5.66. The van der Waals surface area contributed by atoms with E-state index in [0.717, 1.165) is 3.57 Å². The quantitative estimate of drug-likeness (QED) is 0.584. The second-order valence-corrected chi connectivity index (χ2v) is 4.65. The molecule has 1 fully saturated rings. The Morgan fingerprint density at radius 2 is 2.40 bits per heavy atom. The van der Waals surface area contributed by atoms with Gasteiger partial charge in [0.2, 0.25) is 5.91 Å². The Bertz CT molecular complexity index is 421. The highest BCUT2D eigenvalue weighted by atomic mass is 127. The van der Waals surface area contributed by atoms with E-state index >= 15 is 0 Å². The van der Waals surface area contributed by atoms with Crippen LogP contribution in [0.1, 0.15) is 6.42 Å². The van der Waals surface area contributed by atoms with Crippen LogP contribution in [0.4, 0.5) is 5.82 Å². The summed E-state index contributed by atoms with van der Waals surface area (Å²) in [7, 11) is 0. The van der Waals surface area contributed by atoms with E-state index in [2.05, 4.69) is 33.5 Å². The summed E-state index contributed by atoms with van der Waals surface area (Å²) in [5.41, 5.74) is 0. The van der Waals surface area contributed by atoms with Crippen molar-refractivity contribution in [3.8, 4) is 12.3 Å². The molecule has 1 aliphatic rings. The van der Waals surface area contributed by atoms with Gasteiger partial charge < -0.3 is 0 Å². The van der Waals surface area contributed by atoms with Crippen LogP contribution in [0, 0.1) is 21.8 Å². The number of hydrogen-bond donors (Lipinski definition) is 0. The van der Waals surface area contributed by atoms with E-state index in [1.54, 1.807) is 11.1 Å². The molecule has 1 atom stereocenters. The van der Waals surface area contributed by atoms with Crippen molar-refractivity contribution >= 4 is 34.3 Å². The number of rotatable bonds is 1. The lowest BCUT2D eigenvalue weighted by atomic mass is 10.1. The van der Waals surface area contributed by atoms with Crippen LogP contribution in [0.25, 0.3) is 0 Å². The molecule has 0 saturated carbocycles. The standard InChI is InChI=1S/C11H9IN2O/c1-2-8-5-11(15)14(7-8)10-4-3-9(12)6-13-10/h1,3-4,6,8H,5,7H2. The van der Waals surface area contributed by atoms with Crippen LogP contribution in [0.3, 0.4) is 0 Å². The molecule has 0 N–H and O–H groups in total. The first-order chi connectivity index (χ1) is 7.20. The summed E-state index contributed by atoms with van der Waals surface area (Å²) >= 11 is 2.18. The van der Waals surface area contributed by atoms with Gasteiger partial charge in [0.05, 0.1) is 0 Å². The Kier molecular flexibility index (Phi) is 2.91. The molecule has 3 nitrogen and oxygen atoms in total. The number of carbonyl (C=O) groups excluding carboxylic acids is 1. The van der Waals surface area contributed by atoms with Gasteiger partial charge in [-0.1, -0.05) is 0 Å². The number of pyridine rings is 1. The van der Waals surface area contributed by atoms with Gasteiger partial charge in [-0.25, -0.2) is 4.98 Å². The zero-order valence-electron chi connectivity index (χ0n) is 7.98. The molecule has 1 saturated heterocycles. The lowest BCUT2D eigenvalue weighted by Gasteiger charge is -2.14. The molecule has 1 unspecified atom stereocenters. The fourth-order valence-electron chi connectivity index (χ4n) is 1.57. The average molecular weight is 312 g/mol. The maximum atomic E-state index is 11.6. The maximum absolute atomic E-state index is 11.6. The Hall–Kier alpha value is -1.09. The third kappa shape index (κ3) is 2.12. The van der Waals surface area contributed by atoms with Gasteiger partial charge in [-0.2, -0.15) is 0 Å². The monoisotopic (exact) mass is 312 g/mol. The van der Waals surface area contributed by atoms with Crippen molar-refractivity contribution in [3.05, 3.63) is 21.9 Å². The molecule has 1 aromatic heterocycles. The molecule has 1 amide bonds. The van der Waals surface area contributed by atoms with Crippen molar-refractivity contribution in [2.45, 2.75) is 6.42 Å². The Morgan fingerprint density at radius 3 is 2.93 bits per heavy atom. The van der Waals surface area contributed by atoms with Gasteiger partial charge in [-0.05, 0) is 34.7 Å². The topological polar surface area (TPSA) is 33.2 Å². The Labute approximate surface area is 102 Å². The number of terminal acetylenes is 1. The zero-order chi connectivity index (χ0) is 10.8. The van der Waals surface area contributed by atoms with E-state index in [9.17, 15) is 4.79 Å². The van der Waals surface area contributed by atoms with Crippen molar-refractivity contribution in [1.82, 2.24) is 4.98 Å². The molecule has 0 radical (unpaired) electrons. The summed E-state index contributed by atoms with van der Waals surface area (Å²) in [6.45, 7) is 0.586. The minimum Gasteiger partial charge on any atom is -0.296 e. The van der Waals surface area contributed by atoms with Crippen LogP contribution in [0.2, 0.25) is 0 Å². The summed E-state index contributed by atoms with van der Waals surface area (Å²) in [4.78, 5) is 17.5. The Morgan fingerprint density at radius 1 is 1.60 bits per heavy atom. The molecular formula is C11H9IN2O. The van der Waals surface area contributed by atoms with Crippen molar-refractivity contribution in [2.75, 3.05) is 11.4 Å². The van der Waals surface area contributed by atoms with Crippen LogP contribution in [-0.2, 0) is 4.79 Å². The van der Waals surface area contributed by atoms with Crippen LogP contribution in [0.15, 0.2) is 18.3 Å². The first kappa shape index (κ1) is 10.4. The number of carbonyl (C=O) groups is 1. The Balaban J connectivity index is 2.22. The minimum atomic E-state index is 0.0265. The van der Waals surface area contributed by atoms with Gasteiger partial charge in [-0.15, -0.1) is 12.3 Å². The number of halogens is 1. The molecule has 0 aliphatic carbocycles. The van der Waals surface area contributed by atoms with Crippen molar-refractivity contribution < 1.29 is 4.79 Å². The molecule has 4 heteroatoms. The molecule has 2 rings (SSSR count). The van der Waals surface area contributed by atoms with E-state index in [1.165, 1.54) is 0 Å². The van der Waals surface area contributed by atoms with Gasteiger partial charge in [-0.3, -0.25) is 9.69 Å². The largest absolute Gasteiger partial charge is 0.296 e. The fraction of sp³-hybridized carbons (Fsp3) is 0.273. The van der Waals surface area contributed by atoms with Crippen molar-refractivity contribution in [3.63, 3.8) is 0 Å². The fourth-order valence-corrected chi connectivity index (χ4v) is 1.89. The predicted octanol–water partition coefficient (Wildman–Crippen LogP) is 1.67. The van der Waals surface area contributed by atoms with Gasteiger partial charge >= 0.3 is 0 Å². The van der Waals surface area contributed by atoms with Crippen molar-refractivity contribution in [1.29, 1.82) is 0 Å². The first-order valence-electron chi connectivity index (χ1n) is 4.59. The van der Waals surface area contributed by atoms with Crippen LogP contribution in [-0.4, -0.2) is 17.4 Å². The normalized spacial score (nSPS) is 20.4. The highest BCUT2D eigenvalue weighted by Crippen LogP contribution is 2.22. The summed E-state index contributed by atoms with van der Waals surface area (Å²) in [5.74, 6) is 3.39. The predicted molar refractivity (Wildman–Crippen MR) is 66.2 cm³/mol. The smallest absolute Gasteiger partial charge is 0.229 e. The maximum Gasteiger partial charge on any atom is 0.229 e. The molecule has 0 spiro atoms. The summed E-state index contributed by atoms with van der Waals surface area (Å²) in [6.07, 6.45) is 7.49. The summed E-state index contributed by atoms with van der Waals surface area (Å²) in [5, 5.41) is 0. The molecule has 76 valence electrons. The average Bonchev–Trinajstić information content (AvgIpc) is 2.61. The summed E-state index contributed by atoms with van der Waals surface area (Å²) < 4.78 is 1.05. The number of hydrogen-bond acceptors (Lipinski definition) is 2. The second-order valence-electron chi connectivity index (χ2n) is 3.41. The SMILES string of the molecule is C#CC1CC(=O)N(c2ccc(I)cn2)C1. The lowest BCUT2D eigenvalue weighted by molar-refractivity contribution is -0.117. The lowest BCUT2D eigenvalue weighted by Crippen LogP contribution is -2.25. The van der Waals surface area contributed by atoms with Gasteiger partial charge in [0.15, 0.2) is 0 Å². The van der Waals surface area contributed by atoms with Crippen molar-refractivity contribution in [2.24, 2.45) is 5.92 Å². The number of nitrogens with zero attached hydrogens (tertiary/aromatic N) is 2. The van der Waals surface area contributed by atoms with Gasteiger partial charge in [0, 0.05) is 28.7 Å².